The van der Waals surface area contributed by atoms with Crippen LogP contribution in [0.4, 0.5) is 5.69 Å². The maximum atomic E-state index is 13.9. The van der Waals surface area contributed by atoms with Gasteiger partial charge in [-0.25, -0.2) is 0 Å². The number of hydrogen-bond donors (Lipinski definition) is 1. The Hall–Kier alpha value is -4.17. The van der Waals surface area contributed by atoms with Crippen LogP contribution in [0.5, 0.6) is 0 Å². The summed E-state index contributed by atoms with van der Waals surface area (Å²) in [6.07, 6.45) is 0.980. The van der Waals surface area contributed by atoms with Gasteiger partial charge in [-0.15, -0.1) is 0 Å². The van der Waals surface area contributed by atoms with E-state index >= 15 is 0 Å². The number of anilines is 1. The number of likely N-dealkylation sites (tertiary alicyclic amines) is 1. The van der Waals surface area contributed by atoms with Gasteiger partial charge in [0.1, 0.15) is 18.7 Å². The third-order valence-electron chi connectivity index (χ3n) is 7.87. The van der Waals surface area contributed by atoms with E-state index in [-0.39, 0.29) is 36.9 Å². The van der Waals surface area contributed by atoms with Crippen molar-refractivity contribution in [3.63, 3.8) is 0 Å². The molecule has 1 N–H and O–H groups in total. The Balaban J connectivity index is 1.23. The Morgan fingerprint density at radius 2 is 1.50 bits per heavy atom. The van der Waals surface area contributed by atoms with Crippen LogP contribution in [0, 0.1) is 0 Å². The van der Waals surface area contributed by atoms with Gasteiger partial charge < -0.3 is 24.8 Å². The molecule has 1 atom stereocenters. The lowest BCUT2D eigenvalue weighted by Gasteiger charge is -2.43. The van der Waals surface area contributed by atoms with Crippen molar-refractivity contribution >= 4 is 23.4 Å². The number of nitrogens with zero attached hydrogens (tertiary/aromatic N) is 3. The summed E-state index contributed by atoms with van der Waals surface area (Å²) in [6, 6.07) is 29.2. The van der Waals surface area contributed by atoms with Crippen molar-refractivity contribution in [3.8, 4) is 0 Å². The molecular weight excluding hydrogens is 504 g/mol. The first-order chi connectivity index (χ1) is 19.5. The minimum Gasteiger partial charge on any atom is -0.367 e. The van der Waals surface area contributed by atoms with Crippen molar-refractivity contribution < 1.29 is 19.1 Å². The molecule has 0 aromatic heterocycles. The highest BCUT2D eigenvalue weighted by Gasteiger charge is 2.54. The zero-order valence-corrected chi connectivity index (χ0v) is 22.9. The number of para-hydroxylation sites is 1. The molecule has 2 aliphatic heterocycles. The summed E-state index contributed by atoms with van der Waals surface area (Å²) in [5.74, 6) is -0.335. The molecule has 2 aliphatic rings. The molecule has 2 saturated heterocycles. The van der Waals surface area contributed by atoms with Gasteiger partial charge in [0.2, 0.25) is 11.8 Å². The van der Waals surface area contributed by atoms with Gasteiger partial charge in [-0.1, -0.05) is 78.9 Å². The van der Waals surface area contributed by atoms with Crippen LogP contribution in [-0.2, 0) is 25.7 Å². The first-order valence-corrected chi connectivity index (χ1v) is 13.8. The zero-order valence-electron chi connectivity index (χ0n) is 22.9. The van der Waals surface area contributed by atoms with E-state index in [1.807, 2.05) is 97.9 Å². The molecule has 0 bridgehead atoms. The monoisotopic (exact) mass is 540 g/mol. The molecule has 5 rings (SSSR count). The summed E-state index contributed by atoms with van der Waals surface area (Å²) in [5.41, 5.74) is 2.16. The molecule has 0 aliphatic carbocycles. The average molecular weight is 541 g/mol. The van der Waals surface area contributed by atoms with E-state index in [1.165, 1.54) is 0 Å². The van der Waals surface area contributed by atoms with Gasteiger partial charge in [0.15, 0.2) is 0 Å². The SMILES string of the molecule is CC(NC(=O)CN1CN(c2ccccc2)C2(CCN(C(=O)COCc3ccccc3)CC2)C1=O)c1ccccc1. The van der Waals surface area contributed by atoms with E-state index < -0.39 is 5.54 Å². The van der Waals surface area contributed by atoms with E-state index in [0.29, 0.717) is 39.2 Å². The Morgan fingerprint density at radius 3 is 2.15 bits per heavy atom. The maximum Gasteiger partial charge on any atom is 0.250 e. The normalized spacial score (nSPS) is 17.2. The number of piperidine rings is 1. The summed E-state index contributed by atoms with van der Waals surface area (Å²) in [4.78, 5) is 45.4. The first kappa shape index (κ1) is 27.4. The molecule has 8 nitrogen and oxygen atoms in total. The second-order valence-corrected chi connectivity index (χ2v) is 10.5. The molecule has 0 radical (unpaired) electrons. The Kier molecular flexibility index (Phi) is 8.45. The number of hydrogen-bond acceptors (Lipinski definition) is 5. The lowest BCUT2D eigenvalue weighted by atomic mass is 9.85. The van der Waals surface area contributed by atoms with Crippen molar-refractivity contribution in [3.05, 3.63) is 102 Å². The van der Waals surface area contributed by atoms with Crippen LogP contribution in [0.1, 0.15) is 36.9 Å². The number of ether oxygens (including phenoxy) is 1. The van der Waals surface area contributed by atoms with Crippen LogP contribution >= 0.6 is 0 Å². The lowest BCUT2D eigenvalue weighted by Crippen LogP contribution is -2.57. The Morgan fingerprint density at radius 1 is 0.900 bits per heavy atom. The van der Waals surface area contributed by atoms with E-state index in [4.69, 9.17) is 4.74 Å². The van der Waals surface area contributed by atoms with Crippen LogP contribution in [0.25, 0.3) is 0 Å². The minimum absolute atomic E-state index is 0.00410. The maximum absolute atomic E-state index is 13.9. The Labute approximate surface area is 235 Å². The topological polar surface area (TPSA) is 82.2 Å². The predicted molar refractivity (Wildman–Crippen MR) is 153 cm³/mol. The van der Waals surface area contributed by atoms with Gasteiger partial charge in [0, 0.05) is 18.8 Å². The lowest BCUT2D eigenvalue weighted by molar-refractivity contribution is -0.142. The molecule has 0 saturated carbocycles. The zero-order chi connectivity index (χ0) is 28.0. The standard InChI is InChI=1S/C32H36N4O4/c1-25(27-13-7-3-8-14-27)33-29(37)21-35-24-36(28-15-9-4-10-16-28)32(31(35)39)17-19-34(20-18-32)30(38)23-40-22-26-11-5-2-6-12-26/h2-16,25H,17-24H2,1H3,(H,33,37). The van der Waals surface area contributed by atoms with Crippen molar-refractivity contribution in [2.45, 2.75) is 38.0 Å². The molecule has 3 amide bonds. The molecule has 1 unspecified atom stereocenters. The summed E-state index contributed by atoms with van der Waals surface area (Å²) < 4.78 is 5.67. The highest BCUT2D eigenvalue weighted by atomic mass is 16.5. The van der Waals surface area contributed by atoms with Gasteiger partial charge in [0.25, 0.3) is 5.91 Å². The molecule has 208 valence electrons. The number of carbonyl (C=O) groups excluding carboxylic acids is 3. The Bertz CT molecular complexity index is 1290. The fourth-order valence-corrected chi connectivity index (χ4v) is 5.66. The second-order valence-electron chi connectivity index (χ2n) is 10.5. The van der Waals surface area contributed by atoms with E-state index in [1.54, 1.807) is 9.80 Å². The first-order valence-electron chi connectivity index (χ1n) is 13.8. The van der Waals surface area contributed by atoms with Crippen molar-refractivity contribution in [1.29, 1.82) is 0 Å². The highest BCUT2D eigenvalue weighted by molar-refractivity contribution is 5.96. The van der Waals surface area contributed by atoms with E-state index in [2.05, 4.69) is 10.2 Å². The van der Waals surface area contributed by atoms with Gasteiger partial charge >= 0.3 is 0 Å². The second kappa shape index (κ2) is 12.3. The molecule has 3 aromatic rings. The van der Waals surface area contributed by atoms with Gasteiger partial charge in [-0.05, 0) is 43.0 Å². The van der Waals surface area contributed by atoms with E-state index in [0.717, 1.165) is 16.8 Å². The molecule has 40 heavy (non-hydrogen) atoms. The molecular formula is C32H36N4O4. The van der Waals surface area contributed by atoms with Crippen LogP contribution in [0.2, 0.25) is 0 Å². The smallest absolute Gasteiger partial charge is 0.250 e. The number of benzene rings is 3. The largest absolute Gasteiger partial charge is 0.367 e. The fourth-order valence-electron chi connectivity index (χ4n) is 5.66. The number of nitrogens with one attached hydrogen (secondary N) is 1. The fraction of sp³-hybridized carbons (Fsp3) is 0.344. The third-order valence-corrected chi connectivity index (χ3v) is 7.87. The van der Waals surface area contributed by atoms with Gasteiger partial charge in [-0.2, -0.15) is 0 Å². The summed E-state index contributed by atoms with van der Waals surface area (Å²) in [6.45, 7) is 3.53. The van der Waals surface area contributed by atoms with Gasteiger partial charge in [-0.3, -0.25) is 14.4 Å². The van der Waals surface area contributed by atoms with Crippen LogP contribution < -0.4 is 10.2 Å². The average Bonchev–Trinajstić information content (AvgIpc) is 3.25. The van der Waals surface area contributed by atoms with Gasteiger partial charge in [0.05, 0.1) is 19.3 Å². The third kappa shape index (κ3) is 6.02. The summed E-state index contributed by atoms with van der Waals surface area (Å²) in [7, 11) is 0. The molecule has 8 heteroatoms. The molecule has 3 aromatic carbocycles. The van der Waals surface area contributed by atoms with Crippen LogP contribution in [-0.4, -0.2) is 66.0 Å². The van der Waals surface area contributed by atoms with Crippen molar-refractivity contribution in [2.75, 3.05) is 37.8 Å². The molecule has 2 fully saturated rings. The molecule has 1 spiro atoms. The summed E-state index contributed by atoms with van der Waals surface area (Å²) >= 11 is 0. The minimum atomic E-state index is -0.797. The summed E-state index contributed by atoms with van der Waals surface area (Å²) in [5, 5.41) is 3.02. The van der Waals surface area contributed by atoms with Crippen molar-refractivity contribution in [1.82, 2.24) is 15.1 Å². The number of rotatable bonds is 9. The van der Waals surface area contributed by atoms with Crippen LogP contribution in [0.15, 0.2) is 91.0 Å². The highest BCUT2D eigenvalue weighted by Crippen LogP contribution is 2.39. The van der Waals surface area contributed by atoms with E-state index in [9.17, 15) is 14.4 Å². The van der Waals surface area contributed by atoms with Crippen molar-refractivity contribution in [2.24, 2.45) is 0 Å². The quantitative estimate of drug-likeness (QED) is 0.447. The molecule has 2 heterocycles. The number of carbonyl (C=O) groups is 3. The predicted octanol–water partition coefficient (Wildman–Crippen LogP) is 3.75. The number of amides is 3. The van der Waals surface area contributed by atoms with Crippen LogP contribution in [0.3, 0.4) is 0 Å².